The number of carbonyl (C=O) groups excluding carboxylic acids is 1. The molecule has 0 radical (unpaired) electrons. The molecule has 4 aliphatic carbocycles. The summed E-state index contributed by atoms with van der Waals surface area (Å²) in [5, 5.41) is 34.9. The number of cyclic esters (lactones) is 1. The summed E-state index contributed by atoms with van der Waals surface area (Å²) in [6.45, 7) is 6.67. The van der Waals surface area contributed by atoms with Crippen LogP contribution in [-0.2, 0) is 23.7 Å². The van der Waals surface area contributed by atoms with Crippen LogP contribution in [0.1, 0.15) is 85.0 Å². The number of methoxy groups -OCH3 is 1. The van der Waals surface area contributed by atoms with E-state index in [9.17, 15) is 20.1 Å². The molecular weight excluding hydrogens is 488 g/mol. The van der Waals surface area contributed by atoms with Gasteiger partial charge in [-0.15, -0.1) is 0 Å². The highest BCUT2D eigenvalue weighted by molar-refractivity contribution is 5.85. The van der Waals surface area contributed by atoms with Crippen molar-refractivity contribution in [3.63, 3.8) is 0 Å². The number of carbonyl (C=O) groups is 1. The molecule has 0 amide bonds. The molecular formula is C30H46O8. The third kappa shape index (κ3) is 3.81. The summed E-state index contributed by atoms with van der Waals surface area (Å²) < 4.78 is 23.0. The van der Waals surface area contributed by atoms with Crippen LogP contribution in [-0.4, -0.2) is 76.9 Å². The maximum absolute atomic E-state index is 12.4. The molecule has 2 aliphatic heterocycles. The Morgan fingerprint density at radius 1 is 1.00 bits per heavy atom. The van der Waals surface area contributed by atoms with Crippen molar-refractivity contribution in [3.8, 4) is 0 Å². The Hall–Kier alpha value is -1.03. The highest BCUT2D eigenvalue weighted by Gasteiger charge is 2.70. The fourth-order valence-corrected chi connectivity index (χ4v) is 10.0. The third-order valence-corrected chi connectivity index (χ3v) is 12.4. The summed E-state index contributed by atoms with van der Waals surface area (Å²) in [6.07, 6.45) is 7.36. The normalized spacial score (nSPS) is 54.5. The molecule has 0 aromatic heterocycles. The zero-order chi connectivity index (χ0) is 27.1. The Labute approximate surface area is 226 Å². The van der Waals surface area contributed by atoms with Gasteiger partial charge in [-0.1, -0.05) is 13.8 Å². The molecule has 6 rings (SSSR count). The van der Waals surface area contributed by atoms with Crippen molar-refractivity contribution in [1.82, 2.24) is 0 Å². The van der Waals surface area contributed by atoms with Gasteiger partial charge in [-0.25, -0.2) is 4.79 Å². The minimum absolute atomic E-state index is 0.116. The minimum atomic E-state index is -0.853. The molecule has 12 atom stereocenters. The average Bonchev–Trinajstić information content (AvgIpc) is 3.41. The van der Waals surface area contributed by atoms with Crippen LogP contribution < -0.4 is 0 Å². The number of aliphatic hydroxyl groups is 3. The Balaban J connectivity index is 1.18. The Morgan fingerprint density at radius 3 is 2.45 bits per heavy atom. The number of hydrogen-bond acceptors (Lipinski definition) is 8. The van der Waals surface area contributed by atoms with E-state index >= 15 is 0 Å². The van der Waals surface area contributed by atoms with Crippen molar-refractivity contribution < 1.29 is 39.1 Å². The quantitative estimate of drug-likeness (QED) is 0.372. The predicted octanol–water partition coefficient (Wildman–Crippen LogP) is 3.25. The highest BCUT2D eigenvalue weighted by atomic mass is 16.7. The first-order chi connectivity index (χ1) is 17.9. The minimum Gasteiger partial charge on any atom is -0.458 e. The maximum Gasteiger partial charge on any atom is 0.331 e. The molecule has 8 heteroatoms. The van der Waals surface area contributed by atoms with Crippen molar-refractivity contribution in [3.05, 3.63) is 11.6 Å². The molecule has 2 heterocycles. The van der Waals surface area contributed by atoms with E-state index in [0.29, 0.717) is 25.9 Å². The summed E-state index contributed by atoms with van der Waals surface area (Å²) in [4.78, 5) is 11.8. The van der Waals surface area contributed by atoms with Crippen LogP contribution in [0.25, 0.3) is 0 Å². The monoisotopic (exact) mass is 534 g/mol. The summed E-state index contributed by atoms with van der Waals surface area (Å²) >= 11 is 0. The topological polar surface area (TPSA) is 115 Å². The second-order valence-corrected chi connectivity index (χ2v) is 13.8. The molecule has 0 aromatic carbocycles. The van der Waals surface area contributed by atoms with Crippen LogP contribution in [0.5, 0.6) is 0 Å². The van der Waals surface area contributed by atoms with Crippen molar-refractivity contribution in [1.29, 1.82) is 0 Å². The molecule has 38 heavy (non-hydrogen) atoms. The average molecular weight is 535 g/mol. The fraction of sp³-hybridized carbons (Fsp3) is 0.900. The second-order valence-electron chi connectivity index (χ2n) is 13.8. The van der Waals surface area contributed by atoms with Gasteiger partial charge in [0, 0.05) is 31.4 Å². The lowest BCUT2D eigenvalue weighted by atomic mass is 9.42. The molecule has 214 valence electrons. The molecule has 6 aliphatic rings. The van der Waals surface area contributed by atoms with Gasteiger partial charge < -0.3 is 34.3 Å². The zero-order valence-electron chi connectivity index (χ0n) is 23.4. The lowest BCUT2D eigenvalue weighted by Crippen LogP contribution is -2.67. The number of fused-ring (bicyclic) bond motifs is 5. The Morgan fingerprint density at radius 2 is 1.74 bits per heavy atom. The van der Waals surface area contributed by atoms with Crippen molar-refractivity contribution in [2.24, 2.45) is 28.6 Å². The van der Waals surface area contributed by atoms with E-state index in [2.05, 4.69) is 13.8 Å². The first-order valence-corrected chi connectivity index (χ1v) is 14.8. The SMILES string of the molecule is CO[C@@H]1C[C@H](O[C@H]2CC[C@]3(C)[C@H]4CC[C@]5(C)[C@@H](C6=CC(=O)OC6)CC[C@]5(O)[C@@H]4CC[C@]3(O)C2)O[C@H](C)[C@H]1O. The molecule has 1 saturated heterocycles. The van der Waals surface area contributed by atoms with Gasteiger partial charge >= 0.3 is 5.97 Å². The van der Waals surface area contributed by atoms with Gasteiger partial charge in [-0.2, -0.15) is 0 Å². The van der Waals surface area contributed by atoms with E-state index in [1.54, 1.807) is 13.2 Å². The highest BCUT2D eigenvalue weighted by Crippen LogP contribution is 2.70. The van der Waals surface area contributed by atoms with Crippen LogP contribution in [0, 0.1) is 28.6 Å². The van der Waals surface area contributed by atoms with E-state index in [4.69, 9.17) is 18.9 Å². The number of esters is 1. The number of aliphatic hydroxyl groups excluding tert-OH is 1. The van der Waals surface area contributed by atoms with Gasteiger partial charge in [0.15, 0.2) is 6.29 Å². The third-order valence-electron chi connectivity index (χ3n) is 12.4. The first kappa shape index (κ1) is 27.2. The molecule has 0 bridgehead atoms. The van der Waals surface area contributed by atoms with E-state index in [1.165, 1.54) is 0 Å². The number of rotatable bonds is 4. The number of ether oxygens (including phenoxy) is 4. The van der Waals surface area contributed by atoms with Crippen LogP contribution >= 0.6 is 0 Å². The van der Waals surface area contributed by atoms with Gasteiger partial charge in [0.2, 0.25) is 0 Å². The van der Waals surface area contributed by atoms with Gasteiger partial charge in [-0.05, 0) is 87.0 Å². The van der Waals surface area contributed by atoms with E-state index < -0.39 is 23.6 Å². The van der Waals surface area contributed by atoms with Crippen LogP contribution in [0.15, 0.2) is 11.6 Å². The van der Waals surface area contributed by atoms with Crippen molar-refractivity contribution in [2.75, 3.05) is 13.7 Å². The summed E-state index contributed by atoms with van der Waals surface area (Å²) in [5.74, 6) is 0.293. The predicted molar refractivity (Wildman–Crippen MR) is 138 cm³/mol. The first-order valence-electron chi connectivity index (χ1n) is 14.8. The van der Waals surface area contributed by atoms with Crippen LogP contribution in [0.3, 0.4) is 0 Å². The molecule has 4 saturated carbocycles. The van der Waals surface area contributed by atoms with Gasteiger partial charge in [-0.3, -0.25) is 0 Å². The van der Waals surface area contributed by atoms with Crippen molar-refractivity contribution >= 4 is 5.97 Å². The Bertz CT molecular complexity index is 983. The van der Waals surface area contributed by atoms with Crippen LogP contribution in [0.2, 0.25) is 0 Å². The van der Waals surface area contributed by atoms with Crippen LogP contribution in [0.4, 0.5) is 0 Å². The van der Waals surface area contributed by atoms with Gasteiger partial charge in [0.05, 0.1) is 29.5 Å². The maximum atomic E-state index is 12.4. The standard InChI is InChI=1S/C30H46O8/c1-17-26(32)23(35-4)14-25(37-17)38-19-5-9-27(2)21-6-10-28(3)20(18-13-24(31)36-16-18)8-12-30(28,34)22(21)7-11-29(27,33)15-19/h13,17,19-23,25-26,32-34H,5-12,14-16H2,1-4H3/t17-,19+,20-,21+,22-,23-,25+,26-,27-,28-,29+,30+/m1/s1. The lowest BCUT2D eigenvalue weighted by Gasteiger charge is -2.66. The molecule has 0 unspecified atom stereocenters. The van der Waals surface area contributed by atoms with Gasteiger partial charge in [0.25, 0.3) is 0 Å². The summed E-state index contributed by atoms with van der Waals surface area (Å²) in [5.41, 5.74) is -1.17. The fourth-order valence-electron chi connectivity index (χ4n) is 10.0. The largest absolute Gasteiger partial charge is 0.458 e. The number of hydrogen-bond donors (Lipinski definition) is 3. The van der Waals surface area contributed by atoms with E-state index in [1.807, 2.05) is 6.92 Å². The van der Waals surface area contributed by atoms with Gasteiger partial charge in [0.1, 0.15) is 12.7 Å². The molecule has 0 aromatic rings. The zero-order valence-corrected chi connectivity index (χ0v) is 23.4. The molecule has 0 spiro atoms. The second kappa shape index (κ2) is 9.25. The molecule has 3 N–H and O–H groups in total. The molecule has 5 fully saturated rings. The Kier molecular flexibility index (Phi) is 6.61. The summed E-state index contributed by atoms with van der Waals surface area (Å²) in [7, 11) is 1.60. The van der Waals surface area contributed by atoms with Crippen molar-refractivity contribution in [2.45, 2.75) is 127 Å². The summed E-state index contributed by atoms with van der Waals surface area (Å²) in [6, 6.07) is 0. The van der Waals surface area contributed by atoms with E-state index in [0.717, 1.165) is 50.5 Å². The smallest absolute Gasteiger partial charge is 0.331 e. The van der Waals surface area contributed by atoms with E-state index in [-0.39, 0.29) is 52.9 Å². The lowest BCUT2D eigenvalue weighted by molar-refractivity contribution is -0.291. The molecule has 8 nitrogen and oxygen atoms in total.